The monoisotopic (exact) mass is 335 g/mol. The van der Waals surface area contributed by atoms with Gasteiger partial charge in [0.1, 0.15) is 12.3 Å². The summed E-state index contributed by atoms with van der Waals surface area (Å²) in [4.78, 5) is 12.3. The highest BCUT2D eigenvalue weighted by Gasteiger charge is 2.15. The molecule has 1 heterocycles. The number of anilines is 1. The van der Waals surface area contributed by atoms with E-state index in [4.69, 9.17) is 11.6 Å². The van der Waals surface area contributed by atoms with E-state index in [1.807, 2.05) is 40.7 Å². The lowest BCUT2D eigenvalue weighted by Crippen LogP contribution is -2.21. The van der Waals surface area contributed by atoms with Gasteiger partial charge in [0.2, 0.25) is 5.91 Å². The molecule has 23 heavy (non-hydrogen) atoms. The van der Waals surface area contributed by atoms with Crippen molar-refractivity contribution in [2.45, 2.75) is 47.1 Å². The second-order valence-corrected chi connectivity index (χ2v) is 6.45. The summed E-state index contributed by atoms with van der Waals surface area (Å²) in [5.74, 6) is 0.234. The van der Waals surface area contributed by atoms with Crippen LogP contribution in [-0.2, 0) is 11.3 Å². The number of benzene rings is 1. The number of hydrogen-bond acceptors (Lipinski definition) is 3. The largest absolute Gasteiger partial charge is 0.508 e. The first-order valence-electron chi connectivity index (χ1n) is 7.53. The van der Waals surface area contributed by atoms with Gasteiger partial charge in [0.15, 0.2) is 0 Å². The lowest BCUT2D eigenvalue weighted by molar-refractivity contribution is -0.116. The molecule has 0 fully saturated rings. The molecule has 2 rings (SSSR count). The molecule has 0 aliphatic carbocycles. The molecule has 0 atom stereocenters. The number of hydrogen-bond donors (Lipinski definition) is 2. The summed E-state index contributed by atoms with van der Waals surface area (Å²) in [6.07, 6.45) is 0. The Morgan fingerprint density at radius 2 is 2.00 bits per heavy atom. The first-order valence-corrected chi connectivity index (χ1v) is 7.91. The quantitative estimate of drug-likeness (QED) is 0.832. The Morgan fingerprint density at radius 3 is 2.52 bits per heavy atom. The van der Waals surface area contributed by atoms with Crippen LogP contribution in [0.2, 0.25) is 5.02 Å². The van der Waals surface area contributed by atoms with Gasteiger partial charge in [-0.05, 0) is 49.9 Å². The Kier molecular flexibility index (Phi) is 5.00. The highest BCUT2D eigenvalue weighted by atomic mass is 35.5. The van der Waals surface area contributed by atoms with Gasteiger partial charge in [-0.25, -0.2) is 0 Å². The molecule has 0 unspecified atom stereocenters. The molecule has 0 saturated carbocycles. The topological polar surface area (TPSA) is 67.2 Å². The predicted octanol–water partition coefficient (Wildman–Crippen LogP) is 3.93. The summed E-state index contributed by atoms with van der Waals surface area (Å²) in [6.45, 7) is 9.57. The summed E-state index contributed by atoms with van der Waals surface area (Å²) in [6, 6.07) is 3.49. The third-order valence-corrected chi connectivity index (χ3v) is 4.40. The number of aromatic hydroxyl groups is 1. The second-order valence-electron chi connectivity index (χ2n) is 6.07. The van der Waals surface area contributed by atoms with Crippen molar-refractivity contribution in [3.05, 3.63) is 39.7 Å². The van der Waals surface area contributed by atoms with Crippen molar-refractivity contribution in [1.29, 1.82) is 0 Å². The van der Waals surface area contributed by atoms with E-state index < -0.39 is 0 Å². The maximum Gasteiger partial charge on any atom is 0.246 e. The molecule has 0 aliphatic rings. The van der Waals surface area contributed by atoms with E-state index >= 15 is 0 Å². The molecule has 0 saturated heterocycles. The van der Waals surface area contributed by atoms with Crippen molar-refractivity contribution in [2.24, 2.45) is 0 Å². The van der Waals surface area contributed by atoms with Crippen LogP contribution in [0.3, 0.4) is 0 Å². The summed E-state index contributed by atoms with van der Waals surface area (Å²) in [5, 5.41) is 17.7. The average molecular weight is 336 g/mol. The number of aromatic nitrogens is 2. The molecule has 0 spiro atoms. The fourth-order valence-corrected chi connectivity index (χ4v) is 2.60. The number of halogens is 1. The minimum Gasteiger partial charge on any atom is -0.508 e. The Labute approximate surface area is 141 Å². The molecular formula is C17H22ClN3O2. The number of nitrogens with zero attached hydrogens (tertiary/aromatic N) is 2. The van der Waals surface area contributed by atoms with E-state index in [0.29, 0.717) is 16.4 Å². The number of carbonyl (C=O) groups excluding carboxylic acids is 1. The molecule has 1 amide bonds. The summed E-state index contributed by atoms with van der Waals surface area (Å²) in [5.41, 5.74) is 3.79. The van der Waals surface area contributed by atoms with Crippen molar-refractivity contribution < 1.29 is 9.90 Å². The van der Waals surface area contributed by atoms with Gasteiger partial charge >= 0.3 is 0 Å². The van der Waals surface area contributed by atoms with E-state index in [0.717, 1.165) is 16.8 Å². The van der Waals surface area contributed by atoms with Gasteiger partial charge in [0.25, 0.3) is 0 Å². The molecular weight excluding hydrogens is 314 g/mol. The number of rotatable bonds is 4. The predicted molar refractivity (Wildman–Crippen MR) is 92.3 cm³/mol. The molecule has 124 valence electrons. The molecule has 0 aliphatic heterocycles. The van der Waals surface area contributed by atoms with Crippen molar-refractivity contribution in [2.75, 3.05) is 5.32 Å². The fourth-order valence-electron chi connectivity index (χ4n) is 2.46. The van der Waals surface area contributed by atoms with E-state index in [1.165, 1.54) is 0 Å². The maximum absolute atomic E-state index is 12.3. The van der Waals surface area contributed by atoms with Crippen LogP contribution in [0.15, 0.2) is 12.1 Å². The van der Waals surface area contributed by atoms with Crippen LogP contribution >= 0.6 is 11.6 Å². The van der Waals surface area contributed by atoms with Gasteiger partial charge in [0.05, 0.1) is 16.4 Å². The molecule has 0 radical (unpaired) electrons. The average Bonchev–Trinajstić information content (AvgIpc) is 2.69. The number of carbonyl (C=O) groups is 1. The summed E-state index contributed by atoms with van der Waals surface area (Å²) in [7, 11) is 0. The van der Waals surface area contributed by atoms with E-state index in [2.05, 4.69) is 10.4 Å². The SMILES string of the molecule is Cc1cc(O)c(C(C)C)cc1NC(=O)Cn1nc(C)c(Cl)c1C. The lowest BCUT2D eigenvalue weighted by Gasteiger charge is -2.14. The molecule has 2 N–H and O–H groups in total. The Balaban J connectivity index is 2.20. The van der Waals surface area contributed by atoms with Gasteiger partial charge in [-0.2, -0.15) is 5.10 Å². The van der Waals surface area contributed by atoms with Crippen molar-refractivity contribution >= 4 is 23.2 Å². The maximum atomic E-state index is 12.3. The number of phenolic OH excluding ortho intramolecular Hbond substituents is 1. The molecule has 5 nitrogen and oxygen atoms in total. The van der Waals surface area contributed by atoms with Gasteiger partial charge in [-0.3, -0.25) is 9.48 Å². The highest BCUT2D eigenvalue weighted by molar-refractivity contribution is 6.31. The third-order valence-electron chi connectivity index (χ3n) is 3.86. The van der Waals surface area contributed by atoms with Crippen LogP contribution in [-0.4, -0.2) is 20.8 Å². The number of nitrogens with one attached hydrogen (secondary N) is 1. The standard InChI is InChI=1S/C17H22ClN3O2/c1-9(2)13-7-14(10(3)6-15(13)22)19-16(23)8-21-12(5)17(18)11(4)20-21/h6-7,9,22H,8H2,1-5H3,(H,19,23). The lowest BCUT2D eigenvalue weighted by atomic mass is 9.99. The van der Waals surface area contributed by atoms with Crippen LogP contribution in [0, 0.1) is 20.8 Å². The minimum absolute atomic E-state index is 0.0940. The zero-order valence-electron chi connectivity index (χ0n) is 14.1. The zero-order chi connectivity index (χ0) is 17.3. The smallest absolute Gasteiger partial charge is 0.246 e. The normalized spacial score (nSPS) is 11.1. The van der Waals surface area contributed by atoms with Gasteiger partial charge in [-0.1, -0.05) is 25.4 Å². The zero-order valence-corrected chi connectivity index (χ0v) is 14.8. The molecule has 6 heteroatoms. The first kappa shape index (κ1) is 17.3. The van der Waals surface area contributed by atoms with Gasteiger partial charge < -0.3 is 10.4 Å². The molecule has 0 bridgehead atoms. The van der Waals surface area contributed by atoms with Crippen molar-refractivity contribution in [3.8, 4) is 5.75 Å². The molecule has 2 aromatic rings. The van der Waals surface area contributed by atoms with Crippen LogP contribution in [0.1, 0.15) is 42.3 Å². The fraction of sp³-hybridized carbons (Fsp3) is 0.412. The summed E-state index contributed by atoms with van der Waals surface area (Å²) >= 11 is 6.10. The van der Waals surface area contributed by atoms with Gasteiger partial charge in [-0.15, -0.1) is 0 Å². The van der Waals surface area contributed by atoms with E-state index in [9.17, 15) is 9.90 Å². The number of amides is 1. The van der Waals surface area contributed by atoms with Crippen molar-refractivity contribution in [3.63, 3.8) is 0 Å². The van der Waals surface area contributed by atoms with Gasteiger partial charge in [0, 0.05) is 5.69 Å². The number of phenols is 1. The number of aryl methyl sites for hydroxylation is 2. The van der Waals surface area contributed by atoms with Crippen LogP contribution in [0.4, 0.5) is 5.69 Å². The second kappa shape index (κ2) is 6.62. The van der Waals surface area contributed by atoms with E-state index in [-0.39, 0.29) is 24.1 Å². The molecule has 1 aromatic heterocycles. The minimum atomic E-state index is -0.184. The van der Waals surface area contributed by atoms with Crippen LogP contribution in [0.25, 0.3) is 0 Å². The van der Waals surface area contributed by atoms with Crippen molar-refractivity contribution in [1.82, 2.24) is 9.78 Å². The molecule has 1 aromatic carbocycles. The van der Waals surface area contributed by atoms with Crippen LogP contribution < -0.4 is 5.32 Å². The van der Waals surface area contributed by atoms with E-state index in [1.54, 1.807) is 10.7 Å². The van der Waals surface area contributed by atoms with Crippen LogP contribution in [0.5, 0.6) is 5.75 Å². The third kappa shape index (κ3) is 3.67. The first-order chi connectivity index (χ1) is 10.7. The Hall–Kier alpha value is -2.01. The Bertz CT molecular complexity index is 751. The Morgan fingerprint density at radius 1 is 1.35 bits per heavy atom. The highest BCUT2D eigenvalue weighted by Crippen LogP contribution is 2.31. The summed E-state index contributed by atoms with van der Waals surface area (Å²) < 4.78 is 1.59.